The second-order valence-electron chi connectivity index (χ2n) is 3.85. The number of nitriles is 2. The summed E-state index contributed by atoms with van der Waals surface area (Å²) >= 11 is 0. The van der Waals surface area contributed by atoms with Crippen molar-refractivity contribution < 1.29 is 5.11 Å². The second kappa shape index (κ2) is 6.52. The van der Waals surface area contributed by atoms with Gasteiger partial charge in [0.05, 0.1) is 11.1 Å². The minimum atomic E-state index is 0.201. The van der Waals surface area contributed by atoms with E-state index < -0.39 is 0 Å². The van der Waals surface area contributed by atoms with Crippen LogP contribution in [0.15, 0.2) is 12.1 Å². The van der Waals surface area contributed by atoms with Gasteiger partial charge in [0.25, 0.3) is 0 Å². The SMILES string of the molecule is N#Cc1cc(N)c(CCCCCO)cc1C#N. The molecule has 0 amide bonds. The maximum Gasteiger partial charge on any atom is 0.101 e. The Hall–Kier alpha value is -2.04. The van der Waals surface area contributed by atoms with Gasteiger partial charge in [-0.05, 0) is 37.0 Å². The maximum absolute atomic E-state index is 8.90. The summed E-state index contributed by atoms with van der Waals surface area (Å²) in [6.07, 6.45) is 3.40. The Bertz CT molecular complexity index is 469. The smallest absolute Gasteiger partial charge is 0.101 e. The maximum atomic E-state index is 8.90. The molecule has 4 heteroatoms. The van der Waals surface area contributed by atoms with Crippen molar-refractivity contribution in [2.24, 2.45) is 0 Å². The molecule has 0 fully saturated rings. The zero-order valence-corrected chi connectivity index (χ0v) is 9.61. The minimum Gasteiger partial charge on any atom is -0.398 e. The van der Waals surface area contributed by atoms with Crippen LogP contribution >= 0.6 is 0 Å². The molecule has 0 unspecified atom stereocenters. The zero-order valence-electron chi connectivity index (χ0n) is 9.61. The number of benzene rings is 1. The van der Waals surface area contributed by atoms with Crippen molar-refractivity contribution in [3.05, 3.63) is 28.8 Å². The number of aryl methyl sites for hydroxylation is 1. The molecule has 0 radical (unpaired) electrons. The number of nitrogens with two attached hydrogens (primary N) is 1. The molecule has 0 spiro atoms. The van der Waals surface area contributed by atoms with Gasteiger partial charge in [-0.1, -0.05) is 6.42 Å². The molecule has 17 heavy (non-hydrogen) atoms. The van der Waals surface area contributed by atoms with Gasteiger partial charge in [0.1, 0.15) is 12.1 Å². The van der Waals surface area contributed by atoms with E-state index in [0.717, 1.165) is 31.2 Å². The molecule has 0 saturated carbocycles. The fourth-order valence-corrected chi connectivity index (χ4v) is 1.67. The van der Waals surface area contributed by atoms with Crippen LogP contribution in [0.4, 0.5) is 5.69 Å². The number of unbranched alkanes of at least 4 members (excludes halogenated alkanes) is 2. The highest BCUT2D eigenvalue weighted by molar-refractivity contribution is 5.59. The molecule has 1 rings (SSSR count). The summed E-state index contributed by atoms with van der Waals surface area (Å²) < 4.78 is 0. The van der Waals surface area contributed by atoms with Gasteiger partial charge in [-0.25, -0.2) is 0 Å². The average molecular weight is 229 g/mol. The lowest BCUT2D eigenvalue weighted by atomic mass is 9.99. The number of anilines is 1. The van der Waals surface area contributed by atoms with Gasteiger partial charge in [0.2, 0.25) is 0 Å². The van der Waals surface area contributed by atoms with E-state index in [1.165, 1.54) is 0 Å². The van der Waals surface area contributed by atoms with Gasteiger partial charge in [-0.2, -0.15) is 10.5 Å². The van der Waals surface area contributed by atoms with E-state index in [0.29, 0.717) is 16.8 Å². The lowest BCUT2D eigenvalue weighted by molar-refractivity contribution is 0.283. The second-order valence-corrected chi connectivity index (χ2v) is 3.85. The molecule has 0 bridgehead atoms. The van der Waals surface area contributed by atoms with Crippen LogP contribution < -0.4 is 5.73 Å². The molecular weight excluding hydrogens is 214 g/mol. The molecule has 0 aromatic heterocycles. The fraction of sp³-hybridized carbons (Fsp3) is 0.385. The zero-order chi connectivity index (χ0) is 12.7. The molecular formula is C13H15N3O. The first-order chi connectivity index (χ1) is 8.22. The molecule has 1 aromatic rings. The van der Waals surface area contributed by atoms with Gasteiger partial charge in [0, 0.05) is 12.3 Å². The Labute approximate surface area is 101 Å². The molecule has 0 aliphatic rings. The summed E-state index contributed by atoms with van der Waals surface area (Å²) in [5.74, 6) is 0. The number of hydrogen-bond acceptors (Lipinski definition) is 4. The van der Waals surface area contributed by atoms with Crippen LogP contribution in [0, 0.1) is 22.7 Å². The summed E-state index contributed by atoms with van der Waals surface area (Å²) in [4.78, 5) is 0. The Balaban J connectivity index is 2.80. The number of aliphatic hydroxyl groups excluding tert-OH is 1. The van der Waals surface area contributed by atoms with Crippen LogP contribution in [-0.4, -0.2) is 11.7 Å². The van der Waals surface area contributed by atoms with Gasteiger partial charge < -0.3 is 10.8 Å². The van der Waals surface area contributed by atoms with E-state index in [1.807, 2.05) is 12.1 Å². The normalized spacial score (nSPS) is 9.59. The van der Waals surface area contributed by atoms with E-state index in [4.69, 9.17) is 21.4 Å². The molecule has 0 heterocycles. The predicted molar refractivity (Wildman–Crippen MR) is 64.9 cm³/mol. The standard InChI is InChI=1S/C13H15N3O/c14-8-11-6-10(4-2-1-3-5-17)13(16)7-12(11)9-15/h6-7,17H,1-5,16H2. The predicted octanol–water partition coefficient (Wildman–Crippen LogP) is 1.72. The monoisotopic (exact) mass is 229 g/mol. The summed E-state index contributed by atoms with van der Waals surface area (Å²) in [6.45, 7) is 0.201. The van der Waals surface area contributed by atoms with E-state index in [-0.39, 0.29) is 6.61 Å². The van der Waals surface area contributed by atoms with Gasteiger partial charge >= 0.3 is 0 Å². The van der Waals surface area contributed by atoms with Crippen molar-refractivity contribution in [3.63, 3.8) is 0 Å². The number of rotatable bonds is 5. The van der Waals surface area contributed by atoms with Crippen LogP contribution in [0.3, 0.4) is 0 Å². The Morgan fingerprint density at radius 2 is 1.71 bits per heavy atom. The highest BCUT2D eigenvalue weighted by Crippen LogP contribution is 2.20. The molecule has 4 nitrogen and oxygen atoms in total. The van der Waals surface area contributed by atoms with E-state index >= 15 is 0 Å². The first-order valence-electron chi connectivity index (χ1n) is 5.56. The first kappa shape index (κ1) is 13.0. The van der Waals surface area contributed by atoms with Crippen molar-refractivity contribution in [1.82, 2.24) is 0 Å². The van der Waals surface area contributed by atoms with Crippen LogP contribution in [0.25, 0.3) is 0 Å². The highest BCUT2D eigenvalue weighted by atomic mass is 16.2. The summed E-state index contributed by atoms with van der Waals surface area (Å²) in [6, 6.07) is 7.20. The van der Waals surface area contributed by atoms with Crippen LogP contribution in [-0.2, 0) is 6.42 Å². The van der Waals surface area contributed by atoms with Crippen molar-refractivity contribution >= 4 is 5.69 Å². The Morgan fingerprint density at radius 1 is 1.06 bits per heavy atom. The average Bonchev–Trinajstić information content (AvgIpc) is 2.35. The lowest BCUT2D eigenvalue weighted by Crippen LogP contribution is -1.98. The molecule has 0 aliphatic carbocycles. The van der Waals surface area contributed by atoms with Gasteiger partial charge in [-0.15, -0.1) is 0 Å². The minimum absolute atomic E-state index is 0.201. The van der Waals surface area contributed by atoms with Crippen LogP contribution in [0.5, 0.6) is 0 Å². The third kappa shape index (κ3) is 3.48. The van der Waals surface area contributed by atoms with Crippen molar-refractivity contribution in [2.45, 2.75) is 25.7 Å². The molecule has 0 aliphatic heterocycles. The van der Waals surface area contributed by atoms with Gasteiger partial charge in [-0.3, -0.25) is 0 Å². The Morgan fingerprint density at radius 3 is 2.29 bits per heavy atom. The fourth-order valence-electron chi connectivity index (χ4n) is 1.67. The number of hydrogen-bond donors (Lipinski definition) is 2. The quantitative estimate of drug-likeness (QED) is 0.593. The molecule has 0 atom stereocenters. The topological polar surface area (TPSA) is 93.8 Å². The number of nitrogen functional groups attached to an aromatic ring is 1. The summed E-state index contributed by atoms with van der Waals surface area (Å²) in [7, 11) is 0. The molecule has 1 aromatic carbocycles. The molecule has 3 N–H and O–H groups in total. The summed E-state index contributed by atoms with van der Waals surface area (Å²) in [5.41, 5.74) is 7.98. The van der Waals surface area contributed by atoms with E-state index in [1.54, 1.807) is 12.1 Å². The largest absolute Gasteiger partial charge is 0.398 e. The number of nitrogens with zero attached hydrogens (tertiary/aromatic N) is 2. The van der Waals surface area contributed by atoms with Crippen LogP contribution in [0.1, 0.15) is 36.0 Å². The van der Waals surface area contributed by atoms with Crippen LogP contribution in [0.2, 0.25) is 0 Å². The summed E-state index contributed by atoms with van der Waals surface area (Å²) in [5, 5.41) is 26.4. The van der Waals surface area contributed by atoms with Crippen molar-refractivity contribution in [1.29, 1.82) is 10.5 Å². The first-order valence-corrected chi connectivity index (χ1v) is 5.56. The Kier molecular flexibility index (Phi) is 5.00. The molecule has 88 valence electrons. The van der Waals surface area contributed by atoms with E-state index in [2.05, 4.69) is 0 Å². The highest BCUT2D eigenvalue weighted by Gasteiger charge is 2.07. The third-order valence-corrected chi connectivity index (χ3v) is 2.62. The van der Waals surface area contributed by atoms with Gasteiger partial charge in [0.15, 0.2) is 0 Å². The third-order valence-electron chi connectivity index (χ3n) is 2.62. The van der Waals surface area contributed by atoms with Crippen molar-refractivity contribution in [3.8, 4) is 12.1 Å². The van der Waals surface area contributed by atoms with E-state index in [9.17, 15) is 0 Å². The van der Waals surface area contributed by atoms with Crippen molar-refractivity contribution in [2.75, 3.05) is 12.3 Å². The molecule has 0 saturated heterocycles. The lowest BCUT2D eigenvalue weighted by Gasteiger charge is -2.07. The number of aliphatic hydroxyl groups is 1.